The van der Waals surface area contributed by atoms with Crippen LogP contribution in [0, 0.1) is 6.92 Å². The Hall–Kier alpha value is -2.37. The lowest BCUT2D eigenvalue weighted by Gasteiger charge is -2.31. The fourth-order valence-electron chi connectivity index (χ4n) is 2.86. The van der Waals surface area contributed by atoms with Crippen molar-refractivity contribution < 1.29 is 4.79 Å². The molecule has 1 fully saturated rings. The summed E-state index contributed by atoms with van der Waals surface area (Å²) in [5.74, 6) is 0.920. The number of rotatable bonds is 2. The van der Waals surface area contributed by atoms with Crippen LogP contribution in [0.25, 0.3) is 0 Å². The number of carbonyl (C=O) groups excluding carboxylic acids is 1. The van der Waals surface area contributed by atoms with Crippen LogP contribution in [0.4, 0.5) is 5.82 Å². The molecule has 6 nitrogen and oxygen atoms in total. The SMILES string of the molecule is Cc1cn[nH]c1C1CCN(C(=O)c2ccc(N)nc2)CC1. The van der Waals surface area contributed by atoms with Gasteiger partial charge in [-0.25, -0.2) is 4.98 Å². The number of aromatic nitrogens is 3. The Morgan fingerprint density at radius 3 is 2.67 bits per heavy atom. The summed E-state index contributed by atoms with van der Waals surface area (Å²) < 4.78 is 0. The van der Waals surface area contributed by atoms with Gasteiger partial charge in [0.15, 0.2) is 0 Å². The van der Waals surface area contributed by atoms with Gasteiger partial charge in [0.1, 0.15) is 5.82 Å². The van der Waals surface area contributed by atoms with Crippen LogP contribution in [0.5, 0.6) is 0 Å². The van der Waals surface area contributed by atoms with E-state index in [0.717, 1.165) is 25.9 Å². The van der Waals surface area contributed by atoms with Crippen molar-refractivity contribution in [3.63, 3.8) is 0 Å². The molecule has 3 N–H and O–H groups in total. The molecule has 2 aromatic heterocycles. The predicted molar refractivity (Wildman–Crippen MR) is 79.9 cm³/mol. The highest BCUT2D eigenvalue weighted by Crippen LogP contribution is 2.29. The fourth-order valence-corrected chi connectivity index (χ4v) is 2.86. The van der Waals surface area contributed by atoms with Gasteiger partial charge in [-0.3, -0.25) is 9.89 Å². The number of aryl methyl sites for hydroxylation is 1. The predicted octanol–water partition coefficient (Wildman–Crippen LogP) is 1.72. The maximum absolute atomic E-state index is 12.4. The van der Waals surface area contributed by atoms with Crippen LogP contribution in [-0.4, -0.2) is 39.1 Å². The van der Waals surface area contributed by atoms with Crippen molar-refractivity contribution in [1.82, 2.24) is 20.1 Å². The minimum Gasteiger partial charge on any atom is -0.384 e. The average molecular weight is 285 g/mol. The van der Waals surface area contributed by atoms with E-state index in [0.29, 0.717) is 17.3 Å². The molecule has 0 bridgehead atoms. The number of amides is 1. The van der Waals surface area contributed by atoms with Gasteiger partial charge in [0.2, 0.25) is 0 Å². The number of nitrogens with zero attached hydrogens (tertiary/aromatic N) is 3. The lowest BCUT2D eigenvalue weighted by Crippen LogP contribution is -2.38. The van der Waals surface area contributed by atoms with Gasteiger partial charge in [0.25, 0.3) is 5.91 Å². The summed E-state index contributed by atoms with van der Waals surface area (Å²) in [6.07, 6.45) is 5.31. The van der Waals surface area contributed by atoms with E-state index in [-0.39, 0.29) is 5.91 Å². The topological polar surface area (TPSA) is 87.9 Å². The number of pyridine rings is 1. The fraction of sp³-hybridized carbons (Fsp3) is 0.400. The van der Waals surface area contributed by atoms with Crippen LogP contribution in [0.2, 0.25) is 0 Å². The molecule has 0 radical (unpaired) electrons. The Bertz CT molecular complexity index is 626. The first-order chi connectivity index (χ1) is 10.1. The largest absolute Gasteiger partial charge is 0.384 e. The Balaban J connectivity index is 1.64. The number of hydrogen-bond acceptors (Lipinski definition) is 4. The molecule has 0 aromatic carbocycles. The van der Waals surface area contributed by atoms with Crippen molar-refractivity contribution in [2.24, 2.45) is 0 Å². The number of aromatic amines is 1. The van der Waals surface area contributed by atoms with Gasteiger partial charge in [0.05, 0.1) is 11.8 Å². The Morgan fingerprint density at radius 2 is 2.10 bits per heavy atom. The summed E-state index contributed by atoms with van der Waals surface area (Å²) in [6.45, 7) is 3.58. The molecular weight excluding hydrogens is 266 g/mol. The molecule has 0 atom stereocenters. The van der Waals surface area contributed by atoms with Crippen LogP contribution in [0.3, 0.4) is 0 Å². The van der Waals surface area contributed by atoms with E-state index in [1.807, 2.05) is 11.1 Å². The molecule has 0 unspecified atom stereocenters. The van der Waals surface area contributed by atoms with Crippen molar-refractivity contribution in [2.45, 2.75) is 25.7 Å². The second-order valence-corrected chi connectivity index (χ2v) is 5.50. The van der Waals surface area contributed by atoms with E-state index in [1.54, 1.807) is 18.3 Å². The van der Waals surface area contributed by atoms with E-state index in [2.05, 4.69) is 22.1 Å². The molecule has 1 amide bonds. The van der Waals surface area contributed by atoms with Crippen LogP contribution in [0.15, 0.2) is 24.5 Å². The van der Waals surface area contributed by atoms with Crippen molar-refractivity contribution >= 4 is 11.7 Å². The third-order valence-corrected chi connectivity index (χ3v) is 4.09. The van der Waals surface area contributed by atoms with Crippen LogP contribution >= 0.6 is 0 Å². The number of H-pyrrole nitrogens is 1. The number of anilines is 1. The van der Waals surface area contributed by atoms with Gasteiger partial charge in [-0.05, 0) is 37.5 Å². The van der Waals surface area contributed by atoms with E-state index in [9.17, 15) is 4.79 Å². The Morgan fingerprint density at radius 1 is 1.33 bits per heavy atom. The summed E-state index contributed by atoms with van der Waals surface area (Å²) in [5, 5.41) is 7.16. The average Bonchev–Trinajstić information content (AvgIpc) is 2.94. The number of hydrogen-bond donors (Lipinski definition) is 2. The molecule has 1 saturated heterocycles. The lowest BCUT2D eigenvalue weighted by molar-refractivity contribution is 0.0711. The van der Waals surface area contributed by atoms with Crippen LogP contribution in [-0.2, 0) is 0 Å². The molecule has 21 heavy (non-hydrogen) atoms. The molecule has 110 valence electrons. The smallest absolute Gasteiger partial charge is 0.255 e. The standard InChI is InChI=1S/C15H19N5O/c1-10-8-18-19-14(10)11-4-6-20(7-5-11)15(21)12-2-3-13(16)17-9-12/h2-3,8-9,11H,4-7H2,1H3,(H2,16,17)(H,18,19). The van der Waals surface area contributed by atoms with Crippen LogP contribution < -0.4 is 5.73 Å². The number of nitrogens with two attached hydrogens (primary N) is 1. The van der Waals surface area contributed by atoms with Crippen molar-refractivity contribution in [3.8, 4) is 0 Å². The van der Waals surface area contributed by atoms with Gasteiger partial charge in [0, 0.05) is 30.9 Å². The van der Waals surface area contributed by atoms with Gasteiger partial charge in [-0.1, -0.05) is 0 Å². The van der Waals surface area contributed by atoms with Crippen LogP contribution in [0.1, 0.15) is 40.4 Å². The maximum Gasteiger partial charge on any atom is 0.255 e. The highest BCUT2D eigenvalue weighted by atomic mass is 16.2. The molecule has 3 rings (SSSR count). The van der Waals surface area contributed by atoms with Crippen molar-refractivity contribution in [3.05, 3.63) is 41.3 Å². The summed E-state index contributed by atoms with van der Waals surface area (Å²) in [6, 6.07) is 3.39. The lowest BCUT2D eigenvalue weighted by atomic mass is 9.91. The molecule has 0 aliphatic carbocycles. The molecule has 1 aliphatic heterocycles. The first-order valence-electron chi connectivity index (χ1n) is 7.16. The summed E-state index contributed by atoms with van der Waals surface area (Å²) >= 11 is 0. The molecule has 1 aliphatic rings. The minimum atomic E-state index is 0.0299. The van der Waals surface area contributed by atoms with Crippen molar-refractivity contribution in [1.29, 1.82) is 0 Å². The maximum atomic E-state index is 12.4. The zero-order valence-corrected chi connectivity index (χ0v) is 12.0. The van der Waals surface area contributed by atoms with Gasteiger partial charge in [-0.2, -0.15) is 5.10 Å². The van der Waals surface area contributed by atoms with E-state index in [1.165, 1.54) is 11.3 Å². The monoisotopic (exact) mass is 285 g/mol. The molecular formula is C15H19N5O. The number of nitrogen functional groups attached to an aromatic ring is 1. The number of nitrogens with one attached hydrogen (secondary N) is 1. The molecule has 3 heterocycles. The molecule has 2 aromatic rings. The van der Waals surface area contributed by atoms with E-state index < -0.39 is 0 Å². The van der Waals surface area contributed by atoms with Gasteiger partial charge >= 0.3 is 0 Å². The van der Waals surface area contributed by atoms with E-state index in [4.69, 9.17) is 5.73 Å². The minimum absolute atomic E-state index is 0.0299. The summed E-state index contributed by atoms with van der Waals surface area (Å²) in [7, 11) is 0. The first kappa shape index (κ1) is 13.6. The zero-order chi connectivity index (χ0) is 14.8. The second kappa shape index (κ2) is 5.55. The Labute approximate surface area is 123 Å². The van der Waals surface area contributed by atoms with E-state index >= 15 is 0 Å². The summed E-state index contributed by atoms with van der Waals surface area (Å²) in [5.41, 5.74) is 8.55. The van der Waals surface area contributed by atoms with Crippen molar-refractivity contribution in [2.75, 3.05) is 18.8 Å². The number of piperidine rings is 1. The highest BCUT2D eigenvalue weighted by molar-refractivity contribution is 5.94. The Kier molecular flexibility index (Phi) is 3.60. The summed E-state index contributed by atoms with van der Waals surface area (Å²) in [4.78, 5) is 18.3. The normalized spacial score (nSPS) is 16.1. The molecule has 6 heteroatoms. The quantitative estimate of drug-likeness (QED) is 0.879. The van der Waals surface area contributed by atoms with Gasteiger partial charge in [-0.15, -0.1) is 0 Å². The third kappa shape index (κ3) is 2.74. The zero-order valence-electron chi connectivity index (χ0n) is 12.0. The molecule has 0 spiro atoms. The number of carbonyl (C=O) groups is 1. The first-order valence-corrected chi connectivity index (χ1v) is 7.16. The third-order valence-electron chi connectivity index (χ3n) is 4.09. The highest BCUT2D eigenvalue weighted by Gasteiger charge is 2.26. The molecule has 0 saturated carbocycles. The van der Waals surface area contributed by atoms with Gasteiger partial charge < -0.3 is 10.6 Å². The number of likely N-dealkylation sites (tertiary alicyclic amines) is 1. The second-order valence-electron chi connectivity index (χ2n) is 5.50.